The number of hydrogen-bond acceptors (Lipinski definition) is 3. The highest BCUT2D eigenvalue weighted by atomic mass is 35.5. The summed E-state index contributed by atoms with van der Waals surface area (Å²) in [5.41, 5.74) is 4.61. The Morgan fingerprint density at radius 1 is 0.815 bits per heavy atom. The second kappa shape index (κ2) is 8.47. The van der Waals surface area contributed by atoms with Crippen LogP contribution in [0.1, 0.15) is 11.1 Å². The molecule has 0 atom stereocenters. The molecule has 3 N–H and O–H groups in total. The smallest absolute Gasteiger partial charge is 0.323 e. The molecule has 5 nitrogen and oxygen atoms in total. The monoisotopic (exact) mass is 380 g/mol. The Morgan fingerprint density at radius 2 is 1.59 bits per heavy atom. The van der Waals surface area contributed by atoms with Gasteiger partial charge in [-0.3, -0.25) is 0 Å². The number of aromatic amines is 2. The molecule has 4 aromatic rings. The topological polar surface area (TPSA) is 69.9 Å². The number of imidazole rings is 1. The molecule has 0 saturated carbocycles. The lowest BCUT2D eigenvalue weighted by atomic mass is 10.2. The molecule has 27 heavy (non-hydrogen) atoms. The summed E-state index contributed by atoms with van der Waals surface area (Å²) in [5, 5.41) is 3.37. The molecule has 0 radical (unpaired) electrons. The van der Waals surface area contributed by atoms with E-state index in [2.05, 4.69) is 21.4 Å². The minimum atomic E-state index is -0.194. The molecule has 6 heteroatoms. The van der Waals surface area contributed by atoms with Crippen LogP contribution in [0, 0.1) is 0 Å². The molecule has 0 bridgehead atoms. The van der Waals surface area contributed by atoms with Gasteiger partial charge in [-0.2, -0.15) is 0 Å². The van der Waals surface area contributed by atoms with E-state index in [0.717, 1.165) is 33.6 Å². The number of fused-ring (bicyclic) bond motifs is 1. The Morgan fingerprint density at radius 3 is 2.44 bits per heavy atom. The summed E-state index contributed by atoms with van der Waals surface area (Å²) in [5.74, 6) is 0.846. The number of rotatable bonds is 6. The average Bonchev–Trinajstić information content (AvgIpc) is 3.05. The molecule has 3 aromatic carbocycles. The van der Waals surface area contributed by atoms with Crippen molar-refractivity contribution in [2.24, 2.45) is 0 Å². The van der Waals surface area contributed by atoms with Crippen LogP contribution in [0.15, 0.2) is 77.6 Å². The van der Waals surface area contributed by atoms with E-state index in [9.17, 15) is 4.79 Å². The van der Waals surface area contributed by atoms with Crippen LogP contribution < -0.4 is 28.2 Å². The molecule has 0 fully saturated rings. The molecular formula is C21H19ClN3O2-. The van der Waals surface area contributed by atoms with Crippen LogP contribution in [0.4, 0.5) is 5.69 Å². The number of nitrogens with one attached hydrogen (secondary N) is 3. The fourth-order valence-corrected chi connectivity index (χ4v) is 2.83. The van der Waals surface area contributed by atoms with Crippen LogP contribution in [0.3, 0.4) is 0 Å². The zero-order valence-corrected chi connectivity index (χ0v) is 15.3. The number of aromatic nitrogens is 2. The molecule has 1 heterocycles. The molecule has 0 amide bonds. The van der Waals surface area contributed by atoms with E-state index in [1.165, 1.54) is 0 Å². The number of benzene rings is 3. The summed E-state index contributed by atoms with van der Waals surface area (Å²) in [6.07, 6.45) is 0. The Balaban J connectivity index is 0.00000210. The van der Waals surface area contributed by atoms with Gasteiger partial charge in [-0.1, -0.05) is 42.5 Å². The van der Waals surface area contributed by atoms with Crippen LogP contribution >= 0.6 is 0 Å². The van der Waals surface area contributed by atoms with Crippen molar-refractivity contribution in [1.29, 1.82) is 0 Å². The lowest BCUT2D eigenvalue weighted by Gasteiger charge is -2.10. The first kappa shape index (κ1) is 18.6. The van der Waals surface area contributed by atoms with Crippen LogP contribution in [0.25, 0.3) is 11.0 Å². The standard InChI is InChI=1S/C21H19N3O2.ClH/c25-21-23-19-10-9-17(12-20(19)24-21)22-13-16-7-4-8-18(11-16)26-14-15-5-2-1-3-6-15;/h1-12,22H,13-14H2,(H2,23,24,25);1H/p-1. The van der Waals surface area contributed by atoms with Gasteiger partial charge < -0.3 is 32.4 Å². The van der Waals surface area contributed by atoms with Gasteiger partial charge in [-0.15, -0.1) is 0 Å². The predicted molar refractivity (Wildman–Crippen MR) is 103 cm³/mol. The summed E-state index contributed by atoms with van der Waals surface area (Å²) in [4.78, 5) is 16.8. The third-order valence-corrected chi connectivity index (χ3v) is 4.16. The van der Waals surface area contributed by atoms with Crippen LogP contribution in [-0.4, -0.2) is 9.97 Å². The van der Waals surface area contributed by atoms with E-state index < -0.39 is 0 Å². The van der Waals surface area contributed by atoms with Gasteiger partial charge in [0.05, 0.1) is 11.0 Å². The molecule has 138 valence electrons. The van der Waals surface area contributed by atoms with Gasteiger partial charge in [-0.25, -0.2) is 4.79 Å². The normalized spacial score (nSPS) is 10.4. The van der Waals surface area contributed by atoms with E-state index in [-0.39, 0.29) is 18.1 Å². The van der Waals surface area contributed by atoms with E-state index in [1.807, 2.05) is 66.7 Å². The molecule has 4 rings (SSSR count). The lowest BCUT2D eigenvalue weighted by molar-refractivity contribution is -0.00000572. The number of anilines is 1. The molecular weight excluding hydrogens is 362 g/mol. The zero-order chi connectivity index (χ0) is 17.8. The number of ether oxygens (including phenoxy) is 1. The second-order valence-corrected chi connectivity index (χ2v) is 6.11. The van der Waals surface area contributed by atoms with Crippen molar-refractivity contribution < 1.29 is 17.1 Å². The molecule has 0 aliphatic heterocycles. The van der Waals surface area contributed by atoms with Gasteiger partial charge in [0.2, 0.25) is 0 Å². The second-order valence-electron chi connectivity index (χ2n) is 6.11. The fraction of sp³-hybridized carbons (Fsp3) is 0.0952. The highest BCUT2D eigenvalue weighted by molar-refractivity contribution is 5.78. The van der Waals surface area contributed by atoms with E-state index >= 15 is 0 Å². The van der Waals surface area contributed by atoms with Gasteiger partial charge in [0.15, 0.2) is 0 Å². The van der Waals surface area contributed by atoms with Crippen molar-refractivity contribution in [3.63, 3.8) is 0 Å². The van der Waals surface area contributed by atoms with Gasteiger partial charge in [0.1, 0.15) is 12.4 Å². The summed E-state index contributed by atoms with van der Waals surface area (Å²) in [6.45, 7) is 1.22. The first-order valence-corrected chi connectivity index (χ1v) is 8.48. The van der Waals surface area contributed by atoms with Crippen molar-refractivity contribution in [2.75, 3.05) is 5.32 Å². The van der Waals surface area contributed by atoms with Gasteiger partial charge in [0, 0.05) is 12.2 Å². The third kappa shape index (κ3) is 4.71. The van der Waals surface area contributed by atoms with Gasteiger partial charge >= 0.3 is 5.69 Å². The number of hydrogen-bond donors (Lipinski definition) is 3. The fourth-order valence-electron chi connectivity index (χ4n) is 2.83. The zero-order valence-electron chi connectivity index (χ0n) is 14.5. The Bertz CT molecular complexity index is 1070. The minimum Gasteiger partial charge on any atom is -1.00 e. The van der Waals surface area contributed by atoms with Crippen LogP contribution in [0.2, 0.25) is 0 Å². The van der Waals surface area contributed by atoms with Crippen molar-refractivity contribution in [3.8, 4) is 5.75 Å². The maximum absolute atomic E-state index is 11.3. The molecule has 0 aliphatic rings. The largest absolute Gasteiger partial charge is 1.00 e. The molecule has 0 saturated heterocycles. The van der Waals surface area contributed by atoms with Crippen LogP contribution in [-0.2, 0) is 13.2 Å². The van der Waals surface area contributed by atoms with Gasteiger partial charge in [0.25, 0.3) is 0 Å². The highest BCUT2D eigenvalue weighted by Crippen LogP contribution is 2.18. The Hall–Kier alpha value is -3.18. The highest BCUT2D eigenvalue weighted by Gasteiger charge is 2.02. The van der Waals surface area contributed by atoms with E-state index in [0.29, 0.717) is 13.2 Å². The maximum Gasteiger partial charge on any atom is 0.323 e. The van der Waals surface area contributed by atoms with Crippen LogP contribution in [0.5, 0.6) is 5.75 Å². The Kier molecular flexibility index (Phi) is 5.84. The van der Waals surface area contributed by atoms with E-state index in [1.54, 1.807) is 0 Å². The van der Waals surface area contributed by atoms with Crippen molar-refractivity contribution in [3.05, 3.63) is 94.4 Å². The molecule has 0 spiro atoms. The molecule has 1 aromatic heterocycles. The predicted octanol–water partition coefficient (Wildman–Crippen LogP) is 1.05. The Labute approximate surface area is 162 Å². The summed E-state index contributed by atoms with van der Waals surface area (Å²) >= 11 is 0. The summed E-state index contributed by atoms with van der Waals surface area (Å²) in [6, 6.07) is 23.9. The number of halogens is 1. The van der Waals surface area contributed by atoms with Gasteiger partial charge in [-0.05, 0) is 41.5 Å². The first-order valence-electron chi connectivity index (χ1n) is 8.48. The quantitative estimate of drug-likeness (QED) is 0.468. The lowest BCUT2D eigenvalue weighted by Crippen LogP contribution is -3.00. The summed E-state index contributed by atoms with van der Waals surface area (Å²) in [7, 11) is 0. The average molecular weight is 381 g/mol. The van der Waals surface area contributed by atoms with Crippen molar-refractivity contribution in [2.45, 2.75) is 13.2 Å². The molecule has 0 unspecified atom stereocenters. The number of H-pyrrole nitrogens is 2. The first-order chi connectivity index (χ1) is 12.8. The summed E-state index contributed by atoms with van der Waals surface area (Å²) < 4.78 is 5.87. The SMILES string of the molecule is O=c1[nH]c2ccc(NCc3cccc(OCc4ccccc4)c3)cc2[nH]1.[Cl-]. The van der Waals surface area contributed by atoms with E-state index in [4.69, 9.17) is 4.74 Å². The van der Waals surface area contributed by atoms with Crippen molar-refractivity contribution in [1.82, 2.24) is 9.97 Å². The van der Waals surface area contributed by atoms with Crippen molar-refractivity contribution >= 4 is 16.7 Å². The maximum atomic E-state index is 11.3. The minimum absolute atomic E-state index is 0. The molecule has 0 aliphatic carbocycles. The third-order valence-electron chi connectivity index (χ3n) is 4.16.